The number of hydrogen-bond acceptors (Lipinski definition) is 4. The Bertz CT molecular complexity index is 495. The molecule has 0 saturated heterocycles. The highest BCUT2D eigenvalue weighted by atomic mass is 35.5. The van der Waals surface area contributed by atoms with Gasteiger partial charge in [0.15, 0.2) is 0 Å². The fourth-order valence-electron chi connectivity index (χ4n) is 1.49. The summed E-state index contributed by atoms with van der Waals surface area (Å²) in [7, 11) is 0. The molecule has 0 amide bonds. The first-order chi connectivity index (χ1) is 8.16. The topological polar surface area (TPSA) is 55.6 Å². The van der Waals surface area contributed by atoms with Crippen LogP contribution in [0.4, 0.5) is 5.82 Å². The Kier molecular flexibility index (Phi) is 3.58. The van der Waals surface area contributed by atoms with Gasteiger partial charge in [-0.25, -0.2) is 9.97 Å². The summed E-state index contributed by atoms with van der Waals surface area (Å²) in [4.78, 5) is 8.40. The predicted molar refractivity (Wildman–Crippen MR) is 67.2 cm³/mol. The number of aryl methyl sites for hydroxylation is 1. The van der Waals surface area contributed by atoms with Gasteiger partial charge in [-0.15, -0.1) is 0 Å². The molecule has 2 aromatic rings. The van der Waals surface area contributed by atoms with E-state index >= 15 is 0 Å². The fourth-order valence-corrected chi connectivity index (χ4v) is 1.70. The second kappa shape index (κ2) is 5.14. The Morgan fingerprint density at radius 1 is 1.35 bits per heavy atom. The summed E-state index contributed by atoms with van der Waals surface area (Å²) in [5, 5.41) is 7.86. The predicted octanol–water partition coefficient (Wildman–Crippen LogP) is 2.06. The van der Waals surface area contributed by atoms with Crippen molar-refractivity contribution in [3.05, 3.63) is 35.0 Å². The molecule has 2 aromatic heterocycles. The van der Waals surface area contributed by atoms with Gasteiger partial charge in [-0.1, -0.05) is 11.6 Å². The van der Waals surface area contributed by atoms with E-state index < -0.39 is 0 Å². The molecule has 0 spiro atoms. The van der Waals surface area contributed by atoms with E-state index in [1.807, 2.05) is 30.8 Å². The Labute approximate surface area is 105 Å². The second-order valence-electron chi connectivity index (χ2n) is 3.73. The molecule has 2 heterocycles. The number of hydrogen-bond donors (Lipinski definition) is 1. The maximum absolute atomic E-state index is 5.99. The van der Waals surface area contributed by atoms with Crippen LogP contribution in [0.5, 0.6) is 0 Å². The Balaban J connectivity index is 1.99. The molecule has 6 heteroatoms. The number of rotatable bonds is 4. The highest BCUT2D eigenvalue weighted by molar-refractivity contribution is 6.30. The van der Waals surface area contributed by atoms with Crippen LogP contribution in [0.2, 0.25) is 5.15 Å². The molecular formula is C11H14ClN5. The summed E-state index contributed by atoms with van der Waals surface area (Å²) in [6, 6.07) is 1.90. The maximum atomic E-state index is 5.99. The molecule has 5 nitrogen and oxygen atoms in total. The van der Waals surface area contributed by atoms with E-state index in [1.54, 1.807) is 6.20 Å². The number of aromatic nitrogens is 4. The van der Waals surface area contributed by atoms with E-state index in [2.05, 4.69) is 20.4 Å². The normalized spacial score (nSPS) is 10.5. The lowest BCUT2D eigenvalue weighted by Crippen LogP contribution is -2.13. The molecule has 0 aliphatic heterocycles. The third-order valence-electron chi connectivity index (χ3n) is 2.39. The van der Waals surface area contributed by atoms with Crippen LogP contribution in [-0.4, -0.2) is 26.3 Å². The van der Waals surface area contributed by atoms with Crippen molar-refractivity contribution in [3.63, 3.8) is 0 Å². The maximum Gasteiger partial charge on any atom is 0.137 e. The fraction of sp³-hybridized carbons (Fsp3) is 0.364. The molecule has 0 fully saturated rings. The monoisotopic (exact) mass is 251 g/mol. The summed E-state index contributed by atoms with van der Waals surface area (Å²) in [5.74, 6) is 1.46. The van der Waals surface area contributed by atoms with Crippen molar-refractivity contribution in [2.45, 2.75) is 20.4 Å². The molecular weight excluding hydrogens is 238 g/mol. The minimum absolute atomic E-state index is 0.499. The van der Waals surface area contributed by atoms with Gasteiger partial charge in [-0.2, -0.15) is 5.10 Å². The molecule has 1 N–H and O–H groups in total. The second-order valence-corrected chi connectivity index (χ2v) is 4.09. The van der Waals surface area contributed by atoms with Crippen molar-refractivity contribution in [2.24, 2.45) is 0 Å². The summed E-state index contributed by atoms with van der Waals surface area (Å²) < 4.78 is 1.86. The van der Waals surface area contributed by atoms with E-state index in [4.69, 9.17) is 11.6 Å². The molecule has 0 aliphatic rings. The highest BCUT2D eigenvalue weighted by Crippen LogP contribution is 2.19. The third-order valence-corrected chi connectivity index (χ3v) is 2.76. The van der Waals surface area contributed by atoms with Crippen molar-refractivity contribution in [2.75, 3.05) is 11.9 Å². The van der Waals surface area contributed by atoms with Gasteiger partial charge < -0.3 is 5.32 Å². The molecule has 2 rings (SSSR count). The molecule has 0 unspecified atom stereocenters. The van der Waals surface area contributed by atoms with Crippen LogP contribution in [0.15, 0.2) is 18.5 Å². The highest BCUT2D eigenvalue weighted by Gasteiger charge is 2.06. The molecule has 0 radical (unpaired) electrons. The van der Waals surface area contributed by atoms with Gasteiger partial charge >= 0.3 is 0 Å². The van der Waals surface area contributed by atoms with Crippen LogP contribution >= 0.6 is 11.6 Å². The lowest BCUT2D eigenvalue weighted by molar-refractivity contribution is 0.636. The Hall–Kier alpha value is -1.62. The van der Waals surface area contributed by atoms with Crippen molar-refractivity contribution < 1.29 is 0 Å². The summed E-state index contributed by atoms with van der Waals surface area (Å²) in [6.45, 7) is 5.25. The van der Waals surface area contributed by atoms with Gasteiger partial charge in [-0.05, 0) is 19.9 Å². The molecule has 0 saturated carbocycles. The molecule has 0 atom stereocenters. The van der Waals surface area contributed by atoms with Gasteiger partial charge in [-0.3, -0.25) is 4.68 Å². The average molecular weight is 252 g/mol. The zero-order valence-electron chi connectivity index (χ0n) is 9.81. The van der Waals surface area contributed by atoms with E-state index in [-0.39, 0.29) is 0 Å². The molecule has 0 aromatic carbocycles. The summed E-state index contributed by atoms with van der Waals surface area (Å²) >= 11 is 5.99. The average Bonchev–Trinajstić information content (AvgIpc) is 2.78. The first kappa shape index (κ1) is 11.9. The number of nitrogens with zero attached hydrogens (tertiary/aromatic N) is 4. The van der Waals surface area contributed by atoms with Gasteiger partial charge in [0.25, 0.3) is 0 Å². The van der Waals surface area contributed by atoms with Gasteiger partial charge in [0.05, 0.1) is 6.54 Å². The molecule has 90 valence electrons. The third kappa shape index (κ3) is 2.94. The Morgan fingerprint density at radius 2 is 2.18 bits per heavy atom. The zero-order chi connectivity index (χ0) is 12.3. The van der Waals surface area contributed by atoms with Crippen molar-refractivity contribution in [1.82, 2.24) is 19.7 Å². The molecule has 0 bridgehead atoms. The van der Waals surface area contributed by atoms with Crippen LogP contribution < -0.4 is 5.32 Å². The standard InChI is InChI=1S/C11H14ClN5/c1-8-10(12)15-9(2)16-11(8)13-5-7-17-6-3-4-14-17/h3-4,6H,5,7H2,1-2H3,(H,13,15,16). The SMILES string of the molecule is Cc1nc(Cl)c(C)c(NCCn2cccn2)n1. The quantitative estimate of drug-likeness (QED) is 0.845. The number of anilines is 1. The lowest BCUT2D eigenvalue weighted by atomic mass is 10.3. The van der Waals surface area contributed by atoms with Crippen LogP contribution in [-0.2, 0) is 6.54 Å². The first-order valence-corrected chi connectivity index (χ1v) is 5.76. The lowest BCUT2D eigenvalue weighted by Gasteiger charge is -2.10. The van der Waals surface area contributed by atoms with E-state index in [9.17, 15) is 0 Å². The number of halogens is 1. The summed E-state index contributed by atoms with van der Waals surface area (Å²) in [6.07, 6.45) is 3.68. The van der Waals surface area contributed by atoms with Crippen LogP contribution in [0.1, 0.15) is 11.4 Å². The van der Waals surface area contributed by atoms with Gasteiger partial charge in [0.2, 0.25) is 0 Å². The minimum atomic E-state index is 0.499. The Morgan fingerprint density at radius 3 is 2.88 bits per heavy atom. The first-order valence-electron chi connectivity index (χ1n) is 5.39. The zero-order valence-corrected chi connectivity index (χ0v) is 10.6. The van der Waals surface area contributed by atoms with E-state index in [0.717, 1.165) is 24.5 Å². The van der Waals surface area contributed by atoms with E-state index in [0.29, 0.717) is 11.0 Å². The van der Waals surface area contributed by atoms with Crippen molar-refractivity contribution in [3.8, 4) is 0 Å². The van der Waals surface area contributed by atoms with Crippen molar-refractivity contribution >= 4 is 17.4 Å². The van der Waals surface area contributed by atoms with Crippen LogP contribution in [0.25, 0.3) is 0 Å². The molecule has 0 aliphatic carbocycles. The van der Waals surface area contributed by atoms with Crippen molar-refractivity contribution in [1.29, 1.82) is 0 Å². The van der Waals surface area contributed by atoms with E-state index in [1.165, 1.54) is 0 Å². The van der Waals surface area contributed by atoms with Crippen LogP contribution in [0.3, 0.4) is 0 Å². The van der Waals surface area contributed by atoms with Gasteiger partial charge in [0, 0.05) is 24.5 Å². The largest absolute Gasteiger partial charge is 0.368 e. The summed E-state index contributed by atoms with van der Waals surface area (Å²) in [5.41, 5.74) is 0.873. The van der Waals surface area contributed by atoms with Gasteiger partial charge in [0.1, 0.15) is 16.8 Å². The smallest absolute Gasteiger partial charge is 0.137 e. The van der Waals surface area contributed by atoms with Crippen LogP contribution in [0, 0.1) is 13.8 Å². The minimum Gasteiger partial charge on any atom is -0.368 e. The number of nitrogens with one attached hydrogen (secondary N) is 1. The molecule has 17 heavy (non-hydrogen) atoms.